The van der Waals surface area contributed by atoms with E-state index < -0.39 is 9.84 Å². The summed E-state index contributed by atoms with van der Waals surface area (Å²) in [5, 5.41) is 3.09. The number of carbonyl (C=O) groups excluding carboxylic acids is 1. The van der Waals surface area contributed by atoms with E-state index in [4.69, 9.17) is 4.74 Å². The summed E-state index contributed by atoms with van der Waals surface area (Å²) in [5.41, 5.74) is 3.59. The van der Waals surface area contributed by atoms with Crippen molar-refractivity contribution in [3.8, 4) is 5.75 Å². The van der Waals surface area contributed by atoms with E-state index in [-0.39, 0.29) is 17.7 Å². The minimum atomic E-state index is -3.20. The fourth-order valence-corrected chi connectivity index (χ4v) is 5.47. The number of amides is 1. The molecule has 136 valence electrons. The van der Waals surface area contributed by atoms with Gasteiger partial charge in [-0.1, -0.05) is 6.07 Å². The molecule has 0 fully saturated rings. The summed E-state index contributed by atoms with van der Waals surface area (Å²) in [6, 6.07) is 10.8. The lowest BCUT2D eigenvalue weighted by atomic mass is 10.0. The number of hydrogen-bond donors (Lipinski definition) is 1. The molecule has 1 aliphatic carbocycles. The summed E-state index contributed by atoms with van der Waals surface area (Å²) in [5.74, 6) is 0.851. The van der Waals surface area contributed by atoms with Crippen LogP contribution in [0, 0.1) is 0 Å². The van der Waals surface area contributed by atoms with Crippen LogP contribution in [0.5, 0.6) is 5.75 Å². The number of ether oxygens (including phenoxy) is 1. The van der Waals surface area contributed by atoms with Crippen molar-refractivity contribution in [2.75, 3.05) is 12.9 Å². The van der Waals surface area contributed by atoms with Gasteiger partial charge in [0.25, 0.3) is 5.91 Å². The lowest BCUT2D eigenvalue weighted by Gasteiger charge is -2.18. The average molecular weight is 371 g/mol. The molecular weight excluding hydrogens is 350 g/mol. The Balaban J connectivity index is 1.55. The van der Waals surface area contributed by atoms with Crippen LogP contribution in [0.3, 0.4) is 0 Å². The van der Waals surface area contributed by atoms with Crippen LogP contribution in [-0.2, 0) is 22.7 Å². The Morgan fingerprint density at radius 3 is 2.77 bits per heavy atom. The second-order valence-electron chi connectivity index (χ2n) is 6.87. The number of aryl methyl sites for hydroxylation is 2. The molecule has 0 radical (unpaired) electrons. The maximum atomic E-state index is 12.7. The van der Waals surface area contributed by atoms with Crippen LogP contribution in [-0.4, -0.2) is 27.2 Å². The van der Waals surface area contributed by atoms with Gasteiger partial charge in [-0.15, -0.1) is 0 Å². The molecule has 2 aliphatic rings. The molecule has 0 saturated heterocycles. The third kappa shape index (κ3) is 2.98. The number of benzene rings is 2. The molecule has 1 amide bonds. The van der Waals surface area contributed by atoms with E-state index in [1.807, 2.05) is 18.2 Å². The number of fused-ring (bicyclic) bond motifs is 2. The second kappa shape index (κ2) is 6.43. The van der Waals surface area contributed by atoms with E-state index in [2.05, 4.69) is 5.32 Å². The van der Waals surface area contributed by atoms with E-state index in [0.29, 0.717) is 23.3 Å². The highest BCUT2D eigenvalue weighted by Crippen LogP contribution is 2.34. The normalized spacial score (nSPS) is 20.1. The molecule has 5 nitrogen and oxygen atoms in total. The summed E-state index contributed by atoms with van der Waals surface area (Å²) >= 11 is 0. The molecule has 0 saturated carbocycles. The summed E-state index contributed by atoms with van der Waals surface area (Å²) in [4.78, 5) is 13.1. The summed E-state index contributed by atoms with van der Waals surface area (Å²) < 4.78 is 29.5. The molecule has 2 aromatic rings. The number of nitrogens with one attached hydrogen (secondary N) is 1. The van der Waals surface area contributed by atoms with Gasteiger partial charge in [0.2, 0.25) is 0 Å². The third-order valence-corrected chi connectivity index (χ3v) is 7.14. The van der Waals surface area contributed by atoms with Crippen molar-refractivity contribution in [2.24, 2.45) is 0 Å². The minimum Gasteiger partial charge on any atom is -0.497 e. The Labute approximate surface area is 153 Å². The predicted molar refractivity (Wildman–Crippen MR) is 98.3 cm³/mol. The van der Waals surface area contributed by atoms with Gasteiger partial charge in [0.05, 0.1) is 23.8 Å². The first kappa shape index (κ1) is 17.1. The zero-order valence-electron chi connectivity index (χ0n) is 14.6. The van der Waals surface area contributed by atoms with Gasteiger partial charge in [-0.25, -0.2) is 8.42 Å². The Bertz CT molecular complexity index is 981. The summed E-state index contributed by atoms with van der Waals surface area (Å²) in [6.07, 6.45) is 3.06. The van der Waals surface area contributed by atoms with Crippen LogP contribution in [0.25, 0.3) is 0 Å². The van der Waals surface area contributed by atoms with Gasteiger partial charge >= 0.3 is 0 Å². The first-order chi connectivity index (χ1) is 12.5. The van der Waals surface area contributed by atoms with Crippen molar-refractivity contribution in [1.82, 2.24) is 5.32 Å². The molecule has 1 aliphatic heterocycles. The van der Waals surface area contributed by atoms with Crippen molar-refractivity contribution in [3.05, 3.63) is 58.7 Å². The molecular formula is C20H21NO4S. The van der Waals surface area contributed by atoms with Crippen LogP contribution < -0.4 is 10.1 Å². The zero-order valence-corrected chi connectivity index (χ0v) is 15.4. The highest BCUT2D eigenvalue weighted by Gasteiger charge is 2.27. The van der Waals surface area contributed by atoms with Crippen LogP contribution in [0.2, 0.25) is 0 Å². The molecule has 6 heteroatoms. The highest BCUT2D eigenvalue weighted by molar-refractivity contribution is 7.91. The van der Waals surface area contributed by atoms with Gasteiger partial charge in [-0.3, -0.25) is 4.79 Å². The van der Waals surface area contributed by atoms with Crippen LogP contribution in [0.15, 0.2) is 41.3 Å². The maximum absolute atomic E-state index is 12.7. The van der Waals surface area contributed by atoms with Crippen LogP contribution >= 0.6 is 0 Å². The number of sulfone groups is 1. The molecule has 1 N–H and O–H groups in total. The van der Waals surface area contributed by atoms with Crippen molar-refractivity contribution < 1.29 is 17.9 Å². The largest absolute Gasteiger partial charge is 0.497 e. The topological polar surface area (TPSA) is 72.5 Å². The van der Waals surface area contributed by atoms with Crippen LogP contribution in [0.1, 0.15) is 45.9 Å². The predicted octanol–water partition coefficient (Wildman–Crippen LogP) is 2.83. The zero-order chi connectivity index (χ0) is 18.3. The van der Waals surface area contributed by atoms with Gasteiger partial charge < -0.3 is 10.1 Å². The highest BCUT2D eigenvalue weighted by atomic mass is 32.2. The number of rotatable bonds is 3. The quantitative estimate of drug-likeness (QED) is 0.900. The fraction of sp³-hybridized carbons (Fsp3) is 0.350. The van der Waals surface area contributed by atoms with Crippen LogP contribution in [0.4, 0.5) is 0 Å². The van der Waals surface area contributed by atoms with Gasteiger partial charge in [-0.05, 0) is 72.7 Å². The van der Waals surface area contributed by atoms with Crippen molar-refractivity contribution in [3.63, 3.8) is 0 Å². The van der Waals surface area contributed by atoms with Gasteiger partial charge in [0.1, 0.15) is 5.75 Å². The number of hydrogen-bond acceptors (Lipinski definition) is 4. The molecule has 0 aromatic heterocycles. The monoisotopic (exact) mass is 371 g/mol. The SMILES string of the molecule is COc1ccc2c(c1)CCC2NC(=O)c1ccc2c(c1)CCCS2(=O)=O. The molecule has 0 bridgehead atoms. The van der Waals surface area contributed by atoms with Crippen molar-refractivity contribution in [1.29, 1.82) is 0 Å². The molecule has 1 atom stereocenters. The standard InChI is InChI=1S/C20H21NO4S/c1-25-16-6-7-17-13(12-16)4-8-18(17)21-20(22)15-5-9-19-14(11-15)3-2-10-26(19,23)24/h5-7,9,11-12,18H,2-4,8,10H2,1H3,(H,21,22). The average Bonchev–Trinajstić information content (AvgIpc) is 3.03. The van der Waals surface area contributed by atoms with E-state index >= 15 is 0 Å². The number of methoxy groups -OCH3 is 1. The molecule has 4 rings (SSSR count). The van der Waals surface area contributed by atoms with Crippen molar-refractivity contribution in [2.45, 2.75) is 36.6 Å². The maximum Gasteiger partial charge on any atom is 0.251 e. The Morgan fingerprint density at radius 1 is 1.12 bits per heavy atom. The Hall–Kier alpha value is -2.34. The lowest BCUT2D eigenvalue weighted by molar-refractivity contribution is 0.0936. The third-order valence-electron chi connectivity index (χ3n) is 5.25. The lowest BCUT2D eigenvalue weighted by Crippen LogP contribution is -2.27. The Morgan fingerprint density at radius 2 is 1.96 bits per heavy atom. The summed E-state index contributed by atoms with van der Waals surface area (Å²) in [6.45, 7) is 0. The molecule has 26 heavy (non-hydrogen) atoms. The second-order valence-corrected chi connectivity index (χ2v) is 8.95. The minimum absolute atomic E-state index is 0.0248. The van der Waals surface area contributed by atoms with Gasteiger partial charge in [0, 0.05) is 5.56 Å². The fourth-order valence-electron chi connectivity index (χ4n) is 3.89. The first-order valence-electron chi connectivity index (χ1n) is 8.81. The van der Waals surface area contributed by atoms with E-state index in [1.165, 1.54) is 5.56 Å². The number of carbonyl (C=O) groups is 1. The van der Waals surface area contributed by atoms with Gasteiger partial charge in [0.15, 0.2) is 9.84 Å². The molecule has 1 heterocycles. The van der Waals surface area contributed by atoms with Crippen molar-refractivity contribution >= 4 is 15.7 Å². The Kier molecular flexibility index (Phi) is 4.23. The van der Waals surface area contributed by atoms with Gasteiger partial charge in [-0.2, -0.15) is 0 Å². The van der Waals surface area contributed by atoms with E-state index in [0.717, 1.165) is 29.7 Å². The molecule has 0 spiro atoms. The van der Waals surface area contributed by atoms with E-state index in [9.17, 15) is 13.2 Å². The van der Waals surface area contributed by atoms with E-state index in [1.54, 1.807) is 25.3 Å². The first-order valence-corrected chi connectivity index (χ1v) is 10.5. The summed E-state index contributed by atoms with van der Waals surface area (Å²) in [7, 11) is -1.55. The molecule has 1 unspecified atom stereocenters. The smallest absolute Gasteiger partial charge is 0.251 e. The molecule has 2 aromatic carbocycles.